The number of nitrogens with one attached hydrogen (secondary N) is 1. The number of ether oxygens (including phenoxy) is 1. The first-order chi connectivity index (χ1) is 10.1. The Bertz CT molecular complexity index is 658. The van der Waals surface area contributed by atoms with E-state index in [1.165, 1.54) is 18.2 Å². The second-order valence-electron chi connectivity index (χ2n) is 4.08. The fraction of sp³-hybridized carbons (Fsp3) is 0.0714. The van der Waals surface area contributed by atoms with E-state index in [0.717, 1.165) is 0 Å². The molecule has 0 heterocycles. The van der Waals surface area contributed by atoms with Gasteiger partial charge in [0.05, 0.1) is 4.92 Å². The van der Waals surface area contributed by atoms with Gasteiger partial charge in [0.1, 0.15) is 11.5 Å². The second-order valence-corrected chi connectivity index (χ2v) is 4.08. The van der Waals surface area contributed by atoms with Gasteiger partial charge in [-0.2, -0.15) is 0 Å². The monoisotopic (exact) mass is 288 g/mol. The number of para-hydroxylation sites is 2. The molecule has 2 aromatic rings. The normalized spacial score (nSPS) is 9.90. The lowest BCUT2D eigenvalue weighted by Gasteiger charge is -2.09. The van der Waals surface area contributed by atoms with Crippen LogP contribution < -0.4 is 10.1 Å². The molecule has 0 radical (unpaired) electrons. The zero-order valence-electron chi connectivity index (χ0n) is 10.9. The van der Waals surface area contributed by atoms with Crippen molar-refractivity contribution in [2.24, 2.45) is 0 Å². The molecule has 0 fully saturated rings. The molecule has 21 heavy (non-hydrogen) atoms. The number of rotatable bonds is 5. The summed E-state index contributed by atoms with van der Waals surface area (Å²) in [5, 5.41) is 22.7. The van der Waals surface area contributed by atoms with Gasteiger partial charge in [-0.15, -0.1) is 0 Å². The second kappa shape index (κ2) is 6.38. The quantitative estimate of drug-likeness (QED) is 0.499. The van der Waals surface area contributed by atoms with Crippen molar-refractivity contribution in [2.75, 3.05) is 11.9 Å². The summed E-state index contributed by atoms with van der Waals surface area (Å²) in [5.41, 5.74) is -0.632. The predicted octanol–water partition coefficient (Wildman–Crippen LogP) is 2.32. The Morgan fingerprint density at radius 1 is 1.19 bits per heavy atom. The highest BCUT2D eigenvalue weighted by Crippen LogP contribution is 2.32. The van der Waals surface area contributed by atoms with Gasteiger partial charge in [-0.05, 0) is 18.2 Å². The lowest BCUT2D eigenvalue weighted by molar-refractivity contribution is -0.384. The van der Waals surface area contributed by atoms with E-state index in [9.17, 15) is 20.0 Å². The van der Waals surface area contributed by atoms with Crippen molar-refractivity contribution in [3.8, 4) is 11.5 Å². The van der Waals surface area contributed by atoms with Gasteiger partial charge in [-0.3, -0.25) is 14.9 Å². The Morgan fingerprint density at radius 2 is 1.90 bits per heavy atom. The molecular formula is C14H12N2O5. The predicted molar refractivity (Wildman–Crippen MR) is 75.3 cm³/mol. The Balaban J connectivity index is 2.05. The number of nitrogens with zero attached hydrogens (tertiary/aromatic N) is 1. The van der Waals surface area contributed by atoms with Crippen LogP contribution >= 0.6 is 0 Å². The number of benzene rings is 2. The third kappa shape index (κ3) is 3.69. The number of carbonyl (C=O) groups is 1. The van der Waals surface area contributed by atoms with E-state index >= 15 is 0 Å². The van der Waals surface area contributed by atoms with E-state index in [1.807, 2.05) is 0 Å². The molecule has 2 N–H and O–H groups in total. The van der Waals surface area contributed by atoms with Crippen molar-refractivity contribution in [3.05, 3.63) is 58.6 Å². The van der Waals surface area contributed by atoms with Crippen LogP contribution in [0.25, 0.3) is 0 Å². The third-order valence-electron chi connectivity index (χ3n) is 2.59. The average molecular weight is 288 g/mol. The van der Waals surface area contributed by atoms with Gasteiger partial charge in [-0.25, -0.2) is 0 Å². The van der Waals surface area contributed by atoms with Crippen LogP contribution in [0, 0.1) is 10.1 Å². The van der Waals surface area contributed by atoms with Crippen molar-refractivity contribution in [2.45, 2.75) is 0 Å². The minimum Gasteiger partial charge on any atom is -0.505 e. The van der Waals surface area contributed by atoms with Crippen molar-refractivity contribution in [1.29, 1.82) is 0 Å². The van der Waals surface area contributed by atoms with Crippen LogP contribution in [0.1, 0.15) is 0 Å². The Morgan fingerprint density at radius 3 is 2.57 bits per heavy atom. The fourth-order valence-electron chi connectivity index (χ4n) is 1.65. The van der Waals surface area contributed by atoms with E-state index in [2.05, 4.69) is 5.32 Å². The zero-order valence-corrected chi connectivity index (χ0v) is 10.9. The number of hydrogen-bond donors (Lipinski definition) is 2. The summed E-state index contributed by atoms with van der Waals surface area (Å²) in [4.78, 5) is 21.9. The first-order valence-electron chi connectivity index (χ1n) is 6.02. The van der Waals surface area contributed by atoms with Gasteiger partial charge < -0.3 is 15.2 Å². The van der Waals surface area contributed by atoms with Crippen LogP contribution in [0.4, 0.5) is 11.4 Å². The van der Waals surface area contributed by atoms with Gasteiger partial charge in [0.15, 0.2) is 12.3 Å². The van der Waals surface area contributed by atoms with Crippen LogP contribution in [0.2, 0.25) is 0 Å². The molecule has 0 saturated heterocycles. The lowest BCUT2D eigenvalue weighted by atomic mass is 10.2. The Kier molecular flexibility index (Phi) is 4.35. The lowest BCUT2D eigenvalue weighted by Crippen LogP contribution is -2.20. The number of phenolic OH excluding ortho intramolecular Hbond substituents is 1. The summed E-state index contributed by atoms with van der Waals surface area (Å²) < 4.78 is 5.22. The first-order valence-corrected chi connectivity index (χ1v) is 6.02. The summed E-state index contributed by atoms with van der Waals surface area (Å²) in [7, 11) is 0. The molecule has 7 nitrogen and oxygen atoms in total. The molecule has 108 valence electrons. The number of amides is 1. The van der Waals surface area contributed by atoms with Gasteiger partial charge in [0, 0.05) is 6.07 Å². The van der Waals surface area contributed by atoms with E-state index in [-0.39, 0.29) is 23.7 Å². The van der Waals surface area contributed by atoms with Crippen molar-refractivity contribution >= 4 is 17.3 Å². The van der Waals surface area contributed by atoms with Gasteiger partial charge in [0.25, 0.3) is 11.6 Å². The van der Waals surface area contributed by atoms with Crippen molar-refractivity contribution in [3.63, 3.8) is 0 Å². The minimum atomic E-state index is -0.687. The number of anilines is 1. The number of phenols is 1. The molecule has 0 aliphatic rings. The molecule has 0 aromatic heterocycles. The highest BCUT2D eigenvalue weighted by Gasteiger charge is 2.19. The number of aromatic hydroxyl groups is 1. The molecule has 0 unspecified atom stereocenters. The maximum atomic E-state index is 11.7. The zero-order chi connectivity index (χ0) is 15.2. The summed E-state index contributed by atoms with van der Waals surface area (Å²) >= 11 is 0. The van der Waals surface area contributed by atoms with E-state index in [0.29, 0.717) is 5.75 Å². The molecule has 0 saturated carbocycles. The van der Waals surface area contributed by atoms with Gasteiger partial charge in [-0.1, -0.05) is 24.3 Å². The maximum Gasteiger partial charge on any atom is 0.296 e. The number of nitro groups is 1. The number of hydrogen-bond acceptors (Lipinski definition) is 5. The van der Waals surface area contributed by atoms with Crippen molar-refractivity contribution in [1.82, 2.24) is 0 Å². The molecule has 0 spiro atoms. The highest BCUT2D eigenvalue weighted by molar-refractivity contribution is 5.95. The van der Waals surface area contributed by atoms with Crippen LogP contribution in [-0.4, -0.2) is 22.5 Å². The molecule has 0 atom stereocenters. The first kappa shape index (κ1) is 14.3. The van der Waals surface area contributed by atoms with E-state index in [1.54, 1.807) is 30.3 Å². The van der Waals surface area contributed by atoms with Crippen LogP contribution in [0.3, 0.4) is 0 Å². The fourth-order valence-corrected chi connectivity index (χ4v) is 1.65. The molecule has 0 aliphatic heterocycles. The van der Waals surface area contributed by atoms with Crippen LogP contribution in [-0.2, 0) is 4.79 Å². The van der Waals surface area contributed by atoms with Crippen LogP contribution in [0.5, 0.6) is 11.5 Å². The minimum absolute atomic E-state index is 0.246. The number of nitro benzene ring substituents is 1. The summed E-state index contributed by atoms with van der Waals surface area (Å²) in [6.07, 6.45) is 0. The number of carbonyl (C=O) groups excluding carboxylic acids is 1. The summed E-state index contributed by atoms with van der Waals surface area (Å²) in [6.45, 7) is -0.324. The molecule has 7 heteroatoms. The van der Waals surface area contributed by atoms with E-state index in [4.69, 9.17) is 4.74 Å². The molecule has 2 aromatic carbocycles. The molecule has 1 amide bonds. The van der Waals surface area contributed by atoms with Crippen molar-refractivity contribution < 1.29 is 19.6 Å². The highest BCUT2D eigenvalue weighted by atomic mass is 16.6. The van der Waals surface area contributed by atoms with Gasteiger partial charge >= 0.3 is 0 Å². The van der Waals surface area contributed by atoms with Gasteiger partial charge in [0.2, 0.25) is 0 Å². The third-order valence-corrected chi connectivity index (χ3v) is 2.59. The Labute approximate surface area is 119 Å². The molecule has 0 aliphatic carbocycles. The Hall–Kier alpha value is -3.09. The average Bonchev–Trinajstić information content (AvgIpc) is 2.48. The summed E-state index contributed by atoms with van der Waals surface area (Å²) in [5.74, 6) is -0.486. The maximum absolute atomic E-state index is 11.7. The standard InChI is InChI=1S/C14H12N2O5/c17-12-8-4-7-11(16(19)20)14(12)15-13(18)9-21-10-5-2-1-3-6-10/h1-8,17H,9H2,(H,15,18). The molecule has 0 bridgehead atoms. The largest absolute Gasteiger partial charge is 0.505 e. The molecule has 2 rings (SSSR count). The SMILES string of the molecule is O=C(COc1ccccc1)Nc1c(O)cccc1[N+](=O)[O-]. The summed E-state index contributed by atoms with van der Waals surface area (Å²) in [6, 6.07) is 12.4. The van der Waals surface area contributed by atoms with Crippen LogP contribution in [0.15, 0.2) is 48.5 Å². The topological polar surface area (TPSA) is 102 Å². The molecular weight excluding hydrogens is 276 g/mol. The van der Waals surface area contributed by atoms with E-state index < -0.39 is 10.8 Å². The smallest absolute Gasteiger partial charge is 0.296 e.